The molecule has 0 aliphatic carbocycles. The second-order valence-electron chi connectivity index (χ2n) is 8.38. The Morgan fingerprint density at radius 2 is 2.05 bits per heavy atom. The topological polar surface area (TPSA) is 138 Å². The van der Waals surface area contributed by atoms with Crippen LogP contribution in [0.1, 0.15) is 30.4 Å². The number of aromatic nitrogens is 2. The van der Waals surface area contributed by atoms with Crippen LogP contribution in [0.15, 0.2) is 77.3 Å². The van der Waals surface area contributed by atoms with Crippen molar-refractivity contribution in [2.24, 2.45) is 11.7 Å². The van der Waals surface area contributed by atoms with Crippen molar-refractivity contribution < 1.29 is 28.6 Å². The molecule has 2 unspecified atom stereocenters. The van der Waals surface area contributed by atoms with Crippen molar-refractivity contribution in [2.75, 3.05) is 26.9 Å². The molecular weight excluding hydrogens is 474 g/mol. The first-order chi connectivity index (χ1) is 18.0. The Morgan fingerprint density at radius 3 is 2.73 bits per heavy atom. The lowest BCUT2D eigenvalue weighted by atomic mass is 9.74. The minimum absolute atomic E-state index is 0.0632. The van der Waals surface area contributed by atoms with E-state index in [-0.39, 0.29) is 17.0 Å². The van der Waals surface area contributed by atoms with Gasteiger partial charge in [-0.15, -0.1) is 0 Å². The number of carbonyl (C=O) groups excluding carboxylic acids is 1. The van der Waals surface area contributed by atoms with E-state index in [4.69, 9.17) is 19.6 Å². The summed E-state index contributed by atoms with van der Waals surface area (Å²) in [6.45, 7) is 1.34. The fraction of sp³-hybridized carbons (Fsp3) is 0.321. The number of rotatable bonds is 15. The minimum atomic E-state index is -2.16. The van der Waals surface area contributed by atoms with Gasteiger partial charge in [-0.1, -0.05) is 36.4 Å². The van der Waals surface area contributed by atoms with Crippen molar-refractivity contribution >= 4 is 18.0 Å². The van der Waals surface area contributed by atoms with Gasteiger partial charge in [0.1, 0.15) is 12.2 Å². The first kappa shape index (κ1) is 27.7. The van der Waals surface area contributed by atoms with E-state index in [1.807, 2.05) is 30.2 Å². The van der Waals surface area contributed by atoms with Crippen molar-refractivity contribution in [1.29, 1.82) is 0 Å². The molecular formula is C28H31N3O6. The van der Waals surface area contributed by atoms with Crippen LogP contribution < -0.4 is 5.73 Å². The van der Waals surface area contributed by atoms with Crippen molar-refractivity contribution in [3.8, 4) is 11.5 Å². The molecule has 0 radical (unpaired) electrons. The Bertz CT molecular complexity index is 1210. The van der Waals surface area contributed by atoms with Gasteiger partial charge in [0.15, 0.2) is 5.54 Å². The highest BCUT2D eigenvalue weighted by atomic mass is 16.5. The highest BCUT2D eigenvalue weighted by Crippen LogP contribution is 2.39. The molecule has 9 nitrogen and oxygen atoms in total. The predicted octanol–water partition coefficient (Wildman–Crippen LogP) is 3.90. The summed E-state index contributed by atoms with van der Waals surface area (Å²) in [4.78, 5) is 33.4. The lowest BCUT2D eigenvalue weighted by Gasteiger charge is -2.32. The van der Waals surface area contributed by atoms with Gasteiger partial charge in [-0.05, 0) is 42.9 Å². The Kier molecular flexibility index (Phi) is 10.5. The number of nitrogens with two attached hydrogens (primary N) is 1. The van der Waals surface area contributed by atoms with Crippen LogP contribution in [-0.4, -0.2) is 53.9 Å². The number of aliphatic carboxylic acids is 1. The molecule has 0 aliphatic heterocycles. The first-order valence-corrected chi connectivity index (χ1v) is 11.9. The van der Waals surface area contributed by atoms with Crippen LogP contribution in [0.3, 0.4) is 0 Å². The molecule has 194 valence electrons. The zero-order chi connectivity index (χ0) is 26.5. The third-order valence-electron chi connectivity index (χ3n) is 5.98. The molecule has 9 heteroatoms. The summed E-state index contributed by atoms with van der Waals surface area (Å²) in [5, 5.41) is 10.4. The quantitative estimate of drug-likeness (QED) is 0.233. The fourth-order valence-electron chi connectivity index (χ4n) is 4.13. The average Bonchev–Trinajstić information content (AvgIpc) is 3.46. The highest BCUT2D eigenvalue weighted by molar-refractivity contribution is 5.90. The number of ether oxygens (including phenoxy) is 2. The predicted molar refractivity (Wildman–Crippen MR) is 138 cm³/mol. The Morgan fingerprint density at radius 1 is 1.22 bits per heavy atom. The van der Waals surface area contributed by atoms with Crippen molar-refractivity contribution in [1.82, 2.24) is 9.97 Å². The lowest BCUT2D eigenvalue weighted by Crippen LogP contribution is -2.49. The number of carboxylic acid groups (broad SMARTS) is 1. The molecule has 1 aromatic carbocycles. The van der Waals surface area contributed by atoms with Crippen LogP contribution >= 0.6 is 0 Å². The number of allylic oxidation sites excluding steroid dienone is 1. The number of nitrogens with zero attached hydrogens (tertiary/aromatic N) is 2. The van der Waals surface area contributed by atoms with Crippen LogP contribution in [-0.2, 0) is 24.6 Å². The molecule has 0 spiro atoms. The molecule has 0 aliphatic rings. The smallest absolute Gasteiger partial charge is 0.333 e. The van der Waals surface area contributed by atoms with Crippen LogP contribution in [0, 0.1) is 5.92 Å². The molecule has 2 atom stereocenters. The van der Waals surface area contributed by atoms with E-state index in [0.29, 0.717) is 44.6 Å². The zero-order valence-corrected chi connectivity index (χ0v) is 20.7. The number of benzene rings is 1. The number of hydrogen-bond acceptors (Lipinski definition) is 8. The molecule has 0 fully saturated rings. The first-order valence-electron chi connectivity index (χ1n) is 11.9. The Balaban J connectivity index is 1.95. The molecule has 3 aromatic rings. The van der Waals surface area contributed by atoms with Gasteiger partial charge >= 0.3 is 5.97 Å². The lowest BCUT2D eigenvalue weighted by molar-refractivity contribution is -0.142. The average molecular weight is 506 g/mol. The van der Waals surface area contributed by atoms with E-state index in [9.17, 15) is 14.7 Å². The van der Waals surface area contributed by atoms with Crippen molar-refractivity contribution in [2.45, 2.75) is 24.8 Å². The highest BCUT2D eigenvalue weighted by Gasteiger charge is 2.46. The summed E-state index contributed by atoms with van der Waals surface area (Å²) >= 11 is 0. The number of carboxylic acids is 1. The number of methoxy groups -OCH3 is 1. The van der Waals surface area contributed by atoms with Gasteiger partial charge in [0.25, 0.3) is 0 Å². The maximum atomic E-state index is 12.8. The molecule has 2 heterocycles. The van der Waals surface area contributed by atoms with E-state index in [1.165, 1.54) is 12.5 Å². The minimum Gasteiger partial charge on any atom is -0.479 e. The van der Waals surface area contributed by atoms with Gasteiger partial charge in [-0.3, -0.25) is 4.98 Å². The summed E-state index contributed by atoms with van der Waals surface area (Å²) in [5.41, 5.74) is 5.87. The fourth-order valence-corrected chi connectivity index (χ4v) is 4.13. The number of oxazole rings is 1. The molecule has 0 bridgehead atoms. The van der Waals surface area contributed by atoms with Gasteiger partial charge in [-0.25, -0.2) is 14.6 Å². The summed E-state index contributed by atoms with van der Waals surface area (Å²) < 4.78 is 16.0. The number of carbonyl (C=O) groups is 1. The summed E-state index contributed by atoms with van der Waals surface area (Å²) in [5.74, 6) is 0.222. The third-order valence-corrected chi connectivity index (χ3v) is 5.98. The molecule has 3 rings (SSSR count). The van der Waals surface area contributed by atoms with Gasteiger partial charge < -0.3 is 24.7 Å². The maximum absolute atomic E-state index is 12.8. The summed E-state index contributed by atoms with van der Waals surface area (Å²) in [6.07, 6.45) is 11.4. The maximum Gasteiger partial charge on any atom is 0.333 e. The largest absolute Gasteiger partial charge is 0.479 e. The Labute approximate surface area is 215 Å². The van der Waals surface area contributed by atoms with Crippen molar-refractivity contribution in [3.63, 3.8) is 0 Å². The van der Waals surface area contributed by atoms with E-state index >= 15 is 0 Å². The molecule has 3 N–H and O–H groups in total. The van der Waals surface area contributed by atoms with Gasteiger partial charge in [0.2, 0.25) is 5.89 Å². The molecule has 0 saturated heterocycles. The number of pyridine rings is 1. The monoisotopic (exact) mass is 505 g/mol. The van der Waals surface area contributed by atoms with Gasteiger partial charge in [0, 0.05) is 37.2 Å². The van der Waals surface area contributed by atoms with Gasteiger partial charge in [0.05, 0.1) is 25.0 Å². The van der Waals surface area contributed by atoms with E-state index < -0.39 is 17.4 Å². The van der Waals surface area contributed by atoms with Crippen LogP contribution in [0.4, 0.5) is 0 Å². The third kappa shape index (κ3) is 7.09. The summed E-state index contributed by atoms with van der Waals surface area (Å²) in [7, 11) is 1.60. The molecule has 0 saturated carbocycles. The van der Waals surface area contributed by atoms with E-state index in [1.54, 1.807) is 43.8 Å². The van der Waals surface area contributed by atoms with Crippen LogP contribution in [0.25, 0.3) is 17.5 Å². The van der Waals surface area contributed by atoms with E-state index in [0.717, 1.165) is 5.56 Å². The SMILES string of the molecule is COCCOCCCC(CC=Cc1cccnc1)C(=C=O)C(N)(C(=O)O)c1ccccc1-c1ncco1. The number of hydrogen-bond donors (Lipinski definition) is 2. The van der Waals surface area contributed by atoms with Crippen LogP contribution in [0.2, 0.25) is 0 Å². The summed E-state index contributed by atoms with van der Waals surface area (Å²) in [6, 6.07) is 10.3. The normalized spacial score (nSPS) is 13.7. The second kappa shape index (κ2) is 14.0. The molecule has 2 aromatic heterocycles. The standard InChI is InChI=1S/C28H31N3O6/c1-35-17-18-36-15-6-10-22(9-4-7-21-8-5-13-30-19-21)25(20-32)28(29,27(33)34)24-12-3-2-11-23(24)26-31-14-16-37-26/h2-5,7-8,11-14,16,19,22H,6,9-10,15,17-18,29H2,1H3,(H,33,34). The second-order valence-corrected chi connectivity index (χ2v) is 8.38. The van der Waals surface area contributed by atoms with E-state index in [2.05, 4.69) is 9.97 Å². The zero-order valence-electron chi connectivity index (χ0n) is 20.7. The van der Waals surface area contributed by atoms with Crippen LogP contribution in [0.5, 0.6) is 0 Å². The Hall–Kier alpha value is -3.88. The molecule has 37 heavy (non-hydrogen) atoms. The van der Waals surface area contributed by atoms with Gasteiger partial charge in [-0.2, -0.15) is 0 Å². The molecule has 0 amide bonds. The van der Waals surface area contributed by atoms with Crippen molar-refractivity contribution in [3.05, 3.63) is 84.0 Å².